The zero-order chi connectivity index (χ0) is 13.8. The number of nitrogens with one attached hydrogen (secondary N) is 1. The highest BCUT2D eigenvalue weighted by Crippen LogP contribution is 2.23. The van der Waals surface area contributed by atoms with Crippen LogP contribution in [-0.4, -0.2) is 15.0 Å². The van der Waals surface area contributed by atoms with Crippen molar-refractivity contribution in [2.75, 3.05) is 5.32 Å². The summed E-state index contributed by atoms with van der Waals surface area (Å²) >= 11 is 7.24. The average Bonchev–Trinajstić information content (AvgIpc) is 2.96. The van der Waals surface area contributed by atoms with E-state index in [-0.39, 0.29) is 0 Å². The molecule has 0 spiro atoms. The van der Waals surface area contributed by atoms with Crippen LogP contribution >= 0.6 is 22.9 Å². The molecule has 0 aliphatic heterocycles. The Labute approximate surface area is 125 Å². The van der Waals surface area contributed by atoms with Gasteiger partial charge in [-0.25, -0.2) is 15.0 Å². The first-order valence-corrected chi connectivity index (χ1v) is 7.41. The highest BCUT2D eigenvalue weighted by atomic mass is 35.5. The lowest BCUT2D eigenvalue weighted by atomic mass is 10.1. The molecule has 6 heteroatoms. The summed E-state index contributed by atoms with van der Waals surface area (Å²) in [5.74, 6) is 1.13. The fraction of sp³-hybridized carbons (Fsp3) is 0.0714. The summed E-state index contributed by atoms with van der Waals surface area (Å²) in [5, 5.41) is 5.87. The van der Waals surface area contributed by atoms with E-state index in [2.05, 4.69) is 20.3 Å². The number of alkyl halides is 1. The van der Waals surface area contributed by atoms with E-state index in [1.807, 2.05) is 41.8 Å². The molecule has 0 fully saturated rings. The number of benzene rings is 1. The van der Waals surface area contributed by atoms with Crippen LogP contribution in [-0.2, 0) is 5.88 Å². The van der Waals surface area contributed by atoms with Gasteiger partial charge in [0, 0.05) is 17.0 Å². The summed E-state index contributed by atoms with van der Waals surface area (Å²) in [4.78, 5) is 12.8. The predicted octanol–water partition coefficient (Wildman–Crippen LogP) is 4.08. The fourth-order valence-electron chi connectivity index (χ4n) is 1.73. The van der Waals surface area contributed by atoms with Crippen LogP contribution in [0.15, 0.2) is 48.1 Å². The molecule has 0 amide bonds. The van der Waals surface area contributed by atoms with E-state index in [1.165, 1.54) is 11.3 Å². The van der Waals surface area contributed by atoms with Crippen molar-refractivity contribution in [1.82, 2.24) is 15.0 Å². The first kappa shape index (κ1) is 13.0. The molecule has 100 valence electrons. The smallest absolute Gasteiger partial charge is 0.188 e. The van der Waals surface area contributed by atoms with E-state index in [9.17, 15) is 0 Å². The molecule has 0 saturated heterocycles. The first-order chi connectivity index (χ1) is 9.85. The Morgan fingerprint density at radius 2 is 2.00 bits per heavy atom. The number of nitrogens with zero attached hydrogens (tertiary/aromatic N) is 3. The average molecular weight is 303 g/mol. The van der Waals surface area contributed by atoms with Gasteiger partial charge in [-0.2, -0.15) is 0 Å². The Morgan fingerprint density at radius 1 is 1.15 bits per heavy atom. The van der Waals surface area contributed by atoms with Crippen LogP contribution in [0.5, 0.6) is 0 Å². The van der Waals surface area contributed by atoms with Crippen molar-refractivity contribution in [2.45, 2.75) is 5.88 Å². The van der Waals surface area contributed by atoms with Gasteiger partial charge in [0.1, 0.15) is 12.1 Å². The van der Waals surface area contributed by atoms with Gasteiger partial charge in [0.2, 0.25) is 0 Å². The Kier molecular flexibility index (Phi) is 3.90. The van der Waals surface area contributed by atoms with Crippen molar-refractivity contribution in [2.24, 2.45) is 0 Å². The maximum absolute atomic E-state index is 5.74. The molecule has 0 bridgehead atoms. The second-order valence-corrected chi connectivity index (χ2v) is 5.18. The zero-order valence-electron chi connectivity index (χ0n) is 10.5. The maximum atomic E-state index is 5.74. The van der Waals surface area contributed by atoms with Crippen LogP contribution in [0, 0.1) is 0 Å². The van der Waals surface area contributed by atoms with Crippen molar-refractivity contribution >= 4 is 33.9 Å². The Bertz CT molecular complexity index is 699. The molecule has 2 aromatic heterocycles. The third kappa shape index (κ3) is 2.95. The summed E-state index contributed by atoms with van der Waals surface area (Å²) in [7, 11) is 0. The van der Waals surface area contributed by atoms with Crippen molar-refractivity contribution in [3.8, 4) is 11.3 Å². The molecule has 3 aromatic rings. The quantitative estimate of drug-likeness (QED) is 0.738. The van der Waals surface area contributed by atoms with Gasteiger partial charge in [-0.15, -0.1) is 22.9 Å². The zero-order valence-corrected chi connectivity index (χ0v) is 12.0. The van der Waals surface area contributed by atoms with Gasteiger partial charge < -0.3 is 5.32 Å². The van der Waals surface area contributed by atoms with Gasteiger partial charge >= 0.3 is 0 Å². The molecule has 0 aliphatic rings. The number of anilines is 2. The van der Waals surface area contributed by atoms with E-state index in [0.29, 0.717) is 11.7 Å². The molecular formula is C14H11ClN4S. The Morgan fingerprint density at radius 3 is 2.75 bits per heavy atom. The summed E-state index contributed by atoms with van der Waals surface area (Å²) in [6.07, 6.45) is 1.54. The lowest BCUT2D eigenvalue weighted by Gasteiger charge is -2.04. The van der Waals surface area contributed by atoms with E-state index in [4.69, 9.17) is 11.6 Å². The van der Waals surface area contributed by atoms with Crippen molar-refractivity contribution in [3.05, 3.63) is 53.8 Å². The van der Waals surface area contributed by atoms with Gasteiger partial charge in [-0.1, -0.05) is 30.3 Å². The van der Waals surface area contributed by atoms with Gasteiger partial charge in [-0.05, 0) is 0 Å². The standard InChI is InChI=1S/C14H11ClN4S/c15-7-11-8-20-14(18-11)19-13-6-12(16-9-17-13)10-4-2-1-3-5-10/h1-6,8-9H,7H2,(H,16,17,18,19). The molecule has 1 aromatic carbocycles. The largest absolute Gasteiger partial charge is 0.316 e. The van der Waals surface area contributed by atoms with Gasteiger partial charge in [-0.3, -0.25) is 0 Å². The first-order valence-electron chi connectivity index (χ1n) is 6.00. The van der Waals surface area contributed by atoms with Crippen LogP contribution < -0.4 is 5.32 Å². The van der Waals surface area contributed by atoms with Crippen LogP contribution in [0.2, 0.25) is 0 Å². The fourth-order valence-corrected chi connectivity index (χ4v) is 2.67. The van der Waals surface area contributed by atoms with Crippen LogP contribution in [0.3, 0.4) is 0 Å². The number of hydrogen-bond donors (Lipinski definition) is 1. The van der Waals surface area contributed by atoms with E-state index in [0.717, 1.165) is 22.1 Å². The number of aromatic nitrogens is 3. The van der Waals surface area contributed by atoms with Gasteiger partial charge in [0.15, 0.2) is 5.13 Å². The van der Waals surface area contributed by atoms with E-state index < -0.39 is 0 Å². The summed E-state index contributed by atoms with van der Waals surface area (Å²) in [5.41, 5.74) is 2.78. The van der Waals surface area contributed by atoms with Crippen molar-refractivity contribution in [1.29, 1.82) is 0 Å². The molecule has 1 N–H and O–H groups in total. The molecule has 20 heavy (non-hydrogen) atoms. The normalized spacial score (nSPS) is 10.4. The summed E-state index contributed by atoms with van der Waals surface area (Å²) < 4.78 is 0. The van der Waals surface area contributed by atoms with Gasteiger partial charge in [0.25, 0.3) is 0 Å². The van der Waals surface area contributed by atoms with E-state index >= 15 is 0 Å². The number of rotatable bonds is 4. The number of hydrogen-bond acceptors (Lipinski definition) is 5. The van der Waals surface area contributed by atoms with Crippen molar-refractivity contribution in [3.63, 3.8) is 0 Å². The summed E-state index contributed by atoms with van der Waals surface area (Å²) in [6, 6.07) is 11.9. The molecule has 4 nitrogen and oxygen atoms in total. The second kappa shape index (κ2) is 5.98. The molecular weight excluding hydrogens is 292 g/mol. The topological polar surface area (TPSA) is 50.7 Å². The monoisotopic (exact) mass is 302 g/mol. The van der Waals surface area contributed by atoms with E-state index in [1.54, 1.807) is 6.33 Å². The Balaban J connectivity index is 1.84. The molecule has 0 aliphatic carbocycles. The van der Waals surface area contributed by atoms with Crippen LogP contribution in [0.25, 0.3) is 11.3 Å². The predicted molar refractivity (Wildman–Crippen MR) is 82.4 cm³/mol. The summed E-state index contributed by atoms with van der Waals surface area (Å²) in [6.45, 7) is 0. The molecule has 0 saturated carbocycles. The highest BCUT2D eigenvalue weighted by Gasteiger charge is 2.04. The van der Waals surface area contributed by atoms with Crippen molar-refractivity contribution < 1.29 is 0 Å². The lowest BCUT2D eigenvalue weighted by molar-refractivity contribution is 1.16. The second-order valence-electron chi connectivity index (χ2n) is 4.06. The SMILES string of the molecule is ClCc1csc(Nc2cc(-c3ccccc3)ncn2)n1. The minimum Gasteiger partial charge on any atom is -0.316 e. The van der Waals surface area contributed by atoms with Crippen LogP contribution in [0.4, 0.5) is 10.9 Å². The third-order valence-corrected chi connectivity index (χ3v) is 3.74. The Hall–Kier alpha value is -1.98. The molecule has 2 heterocycles. The minimum atomic E-state index is 0.414. The highest BCUT2D eigenvalue weighted by molar-refractivity contribution is 7.13. The third-order valence-electron chi connectivity index (χ3n) is 2.66. The maximum Gasteiger partial charge on any atom is 0.188 e. The molecule has 0 unspecified atom stereocenters. The molecule has 0 atom stereocenters. The minimum absolute atomic E-state index is 0.414. The number of halogens is 1. The molecule has 3 rings (SSSR count). The van der Waals surface area contributed by atoms with Crippen LogP contribution in [0.1, 0.15) is 5.69 Å². The molecule has 0 radical (unpaired) electrons. The lowest BCUT2D eigenvalue weighted by Crippen LogP contribution is -1.95. The van der Waals surface area contributed by atoms with Gasteiger partial charge in [0.05, 0.1) is 17.3 Å². The number of thiazole rings is 1.